The van der Waals surface area contributed by atoms with Crippen molar-refractivity contribution in [2.24, 2.45) is 10.9 Å². The Morgan fingerprint density at radius 1 is 1.25 bits per heavy atom. The van der Waals surface area contributed by atoms with E-state index in [2.05, 4.69) is 5.16 Å². The largest absolute Gasteiger partial charge is 0.409 e. The smallest absolute Gasteiger partial charge is 0.172 e. The first kappa shape index (κ1) is 13.9. The molecule has 4 nitrogen and oxygen atoms in total. The van der Waals surface area contributed by atoms with Gasteiger partial charge in [-0.15, -0.1) is 0 Å². The predicted octanol–water partition coefficient (Wildman–Crippen LogP) is 3.00. The van der Waals surface area contributed by atoms with Crippen LogP contribution in [0.25, 0.3) is 0 Å². The van der Waals surface area contributed by atoms with Crippen LogP contribution in [0.5, 0.6) is 0 Å². The Balaban J connectivity index is 2.52. The van der Waals surface area contributed by atoms with Crippen LogP contribution in [0.15, 0.2) is 47.6 Å². The zero-order valence-electron chi connectivity index (χ0n) is 11.3. The summed E-state index contributed by atoms with van der Waals surface area (Å²) in [5.74, 6) is -0.293. The predicted molar refractivity (Wildman–Crippen MR) is 78.2 cm³/mol. The van der Waals surface area contributed by atoms with Crippen LogP contribution in [-0.2, 0) is 0 Å². The Morgan fingerprint density at radius 3 is 2.65 bits per heavy atom. The topological polar surface area (TPSA) is 61.8 Å². The Bertz CT molecular complexity index is 655. The van der Waals surface area contributed by atoms with E-state index in [1.165, 1.54) is 12.1 Å². The van der Waals surface area contributed by atoms with Crippen LogP contribution in [0.1, 0.15) is 11.1 Å². The Labute approximate surface area is 116 Å². The molecule has 0 spiro atoms. The van der Waals surface area contributed by atoms with Gasteiger partial charge < -0.3 is 15.8 Å². The number of rotatable bonds is 3. The van der Waals surface area contributed by atoms with Gasteiger partial charge in [0.25, 0.3) is 0 Å². The van der Waals surface area contributed by atoms with Crippen molar-refractivity contribution in [2.75, 3.05) is 11.9 Å². The second-order valence-corrected chi connectivity index (χ2v) is 4.54. The highest BCUT2D eigenvalue weighted by atomic mass is 19.1. The van der Waals surface area contributed by atoms with E-state index in [9.17, 15) is 4.39 Å². The molecule has 2 aromatic rings. The first-order valence-electron chi connectivity index (χ1n) is 6.11. The molecule has 5 heteroatoms. The van der Waals surface area contributed by atoms with E-state index >= 15 is 0 Å². The summed E-state index contributed by atoms with van der Waals surface area (Å²) in [5, 5.41) is 11.9. The quantitative estimate of drug-likeness (QED) is 0.391. The van der Waals surface area contributed by atoms with Crippen molar-refractivity contribution >= 4 is 17.2 Å². The van der Waals surface area contributed by atoms with Crippen molar-refractivity contribution in [3.05, 3.63) is 59.4 Å². The number of oxime groups is 1. The number of anilines is 2. The molecule has 0 heterocycles. The van der Waals surface area contributed by atoms with Gasteiger partial charge >= 0.3 is 0 Å². The van der Waals surface area contributed by atoms with Crippen molar-refractivity contribution in [2.45, 2.75) is 6.92 Å². The molecule has 0 unspecified atom stereocenters. The maximum atomic E-state index is 13.3. The number of halogens is 1. The molecule has 3 N–H and O–H groups in total. The fourth-order valence-electron chi connectivity index (χ4n) is 2.03. The molecule has 0 aromatic heterocycles. The highest BCUT2D eigenvalue weighted by Crippen LogP contribution is 2.28. The van der Waals surface area contributed by atoms with Gasteiger partial charge in [0.05, 0.1) is 5.69 Å². The van der Waals surface area contributed by atoms with Gasteiger partial charge in [-0.3, -0.25) is 0 Å². The summed E-state index contributed by atoms with van der Waals surface area (Å²) < 4.78 is 13.3. The zero-order valence-corrected chi connectivity index (χ0v) is 11.3. The molecule has 0 aliphatic carbocycles. The number of aryl methyl sites for hydroxylation is 1. The van der Waals surface area contributed by atoms with E-state index in [-0.39, 0.29) is 11.7 Å². The second kappa shape index (κ2) is 5.61. The Morgan fingerprint density at radius 2 is 2.00 bits per heavy atom. The summed E-state index contributed by atoms with van der Waals surface area (Å²) in [5.41, 5.74) is 8.71. The standard InChI is InChI=1S/C15H16FN3O/c1-10-6-7-14(13(8-10)15(17)18-20)19(2)12-5-3-4-11(16)9-12/h3-9,20H,1-2H3,(H2,17,18). The number of hydrogen-bond acceptors (Lipinski definition) is 3. The van der Waals surface area contributed by atoms with Crippen LogP contribution in [0.2, 0.25) is 0 Å². The third-order valence-electron chi connectivity index (χ3n) is 3.09. The van der Waals surface area contributed by atoms with Crippen LogP contribution in [0.3, 0.4) is 0 Å². The third-order valence-corrected chi connectivity index (χ3v) is 3.09. The van der Waals surface area contributed by atoms with E-state index in [0.717, 1.165) is 11.3 Å². The molecular weight excluding hydrogens is 257 g/mol. The summed E-state index contributed by atoms with van der Waals surface area (Å²) >= 11 is 0. The van der Waals surface area contributed by atoms with Gasteiger partial charge in [0, 0.05) is 18.3 Å². The molecule has 0 fully saturated rings. The van der Waals surface area contributed by atoms with Crippen LogP contribution in [0, 0.1) is 12.7 Å². The van der Waals surface area contributed by atoms with Crippen molar-refractivity contribution in [1.29, 1.82) is 0 Å². The van der Waals surface area contributed by atoms with Gasteiger partial charge in [0.2, 0.25) is 0 Å². The molecule has 20 heavy (non-hydrogen) atoms. The third kappa shape index (κ3) is 2.71. The second-order valence-electron chi connectivity index (χ2n) is 4.54. The highest BCUT2D eigenvalue weighted by molar-refractivity contribution is 6.03. The normalized spacial score (nSPS) is 11.4. The fraction of sp³-hybridized carbons (Fsp3) is 0.133. The van der Waals surface area contributed by atoms with Gasteiger partial charge in [-0.1, -0.05) is 22.9 Å². The molecule has 0 saturated carbocycles. The maximum Gasteiger partial charge on any atom is 0.172 e. The summed E-state index contributed by atoms with van der Waals surface area (Å²) in [6.07, 6.45) is 0. The average molecular weight is 273 g/mol. The van der Waals surface area contributed by atoms with E-state index in [1.54, 1.807) is 24.1 Å². The van der Waals surface area contributed by atoms with Crippen LogP contribution in [-0.4, -0.2) is 18.1 Å². The Hall–Kier alpha value is -2.56. The lowest BCUT2D eigenvalue weighted by molar-refractivity contribution is 0.318. The van der Waals surface area contributed by atoms with E-state index in [4.69, 9.17) is 10.9 Å². The molecule has 0 aliphatic rings. The first-order valence-corrected chi connectivity index (χ1v) is 6.11. The molecule has 104 valence electrons. The van der Waals surface area contributed by atoms with Crippen molar-refractivity contribution in [1.82, 2.24) is 0 Å². The minimum Gasteiger partial charge on any atom is -0.409 e. The summed E-state index contributed by atoms with van der Waals surface area (Å²) in [6.45, 7) is 1.92. The van der Waals surface area contributed by atoms with E-state index in [0.29, 0.717) is 11.3 Å². The van der Waals surface area contributed by atoms with Crippen molar-refractivity contribution in [3.8, 4) is 0 Å². The van der Waals surface area contributed by atoms with Crippen molar-refractivity contribution in [3.63, 3.8) is 0 Å². The summed E-state index contributed by atoms with van der Waals surface area (Å²) in [6, 6.07) is 11.8. The molecule has 2 rings (SSSR count). The number of nitrogens with zero attached hydrogens (tertiary/aromatic N) is 2. The van der Waals surface area contributed by atoms with Gasteiger partial charge in [-0.05, 0) is 37.3 Å². The summed E-state index contributed by atoms with van der Waals surface area (Å²) in [7, 11) is 1.80. The minimum atomic E-state index is -0.313. The van der Waals surface area contributed by atoms with Crippen molar-refractivity contribution < 1.29 is 9.60 Å². The Kier molecular flexibility index (Phi) is 3.89. The molecule has 0 aliphatic heterocycles. The number of amidine groups is 1. The fourth-order valence-corrected chi connectivity index (χ4v) is 2.03. The number of benzene rings is 2. The van der Waals surface area contributed by atoms with Crippen LogP contribution < -0.4 is 10.6 Å². The molecule has 0 amide bonds. The highest BCUT2D eigenvalue weighted by Gasteiger charge is 2.13. The lowest BCUT2D eigenvalue weighted by Gasteiger charge is -2.22. The molecular formula is C15H16FN3O. The zero-order chi connectivity index (χ0) is 14.7. The lowest BCUT2D eigenvalue weighted by atomic mass is 10.1. The average Bonchev–Trinajstić information content (AvgIpc) is 2.45. The number of nitrogens with two attached hydrogens (primary N) is 1. The maximum absolute atomic E-state index is 13.3. The van der Waals surface area contributed by atoms with Gasteiger partial charge in [0.15, 0.2) is 5.84 Å². The van der Waals surface area contributed by atoms with Gasteiger partial charge in [-0.2, -0.15) is 0 Å². The monoisotopic (exact) mass is 273 g/mol. The van der Waals surface area contributed by atoms with E-state index < -0.39 is 0 Å². The molecule has 0 saturated heterocycles. The first-order chi connectivity index (χ1) is 9.52. The molecule has 0 bridgehead atoms. The summed E-state index contributed by atoms with van der Waals surface area (Å²) in [4.78, 5) is 1.79. The van der Waals surface area contributed by atoms with Crippen LogP contribution in [0.4, 0.5) is 15.8 Å². The minimum absolute atomic E-state index is 0.0203. The molecule has 0 atom stereocenters. The van der Waals surface area contributed by atoms with E-state index in [1.807, 2.05) is 25.1 Å². The van der Waals surface area contributed by atoms with Crippen LogP contribution >= 0.6 is 0 Å². The number of hydrogen-bond donors (Lipinski definition) is 2. The van der Waals surface area contributed by atoms with Gasteiger partial charge in [-0.25, -0.2) is 4.39 Å². The molecule has 0 radical (unpaired) electrons. The van der Waals surface area contributed by atoms with Gasteiger partial charge in [0.1, 0.15) is 5.82 Å². The SMILES string of the molecule is Cc1ccc(N(C)c2cccc(F)c2)c(/C(N)=N/O)c1. The molecule has 2 aromatic carbocycles. The lowest BCUT2D eigenvalue weighted by Crippen LogP contribution is -2.19.